The van der Waals surface area contributed by atoms with Crippen molar-refractivity contribution in [3.63, 3.8) is 0 Å². The lowest BCUT2D eigenvalue weighted by Crippen LogP contribution is -2.47. The van der Waals surface area contributed by atoms with E-state index < -0.39 is 0 Å². The monoisotopic (exact) mass is 257 g/mol. The molecule has 0 aromatic heterocycles. The average molecular weight is 257 g/mol. The molecule has 2 aliphatic heterocycles. The average Bonchev–Trinajstić information content (AvgIpc) is 2.88. The van der Waals surface area contributed by atoms with E-state index in [1.165, 1.54) is 4.90 Å². The summed E-state index contributed by atoms with van der Waals surface area (Å²) in [7, 11) is 0. The number of rotatable bonds is 2. The summed E-state index contributed by atoms with van der Waals surface area (Å²) in [6.45, 7) is 1.69. The van der Waals surface area contributed by atoms with E-state index in [0.717, 1.165) is 5.56 Å². The number of fused-ring (bicyclic) bond motifs is 4. The van der Waals surface area contributed by atoms with Crippen LogP contribution >= 0.6 is 0 Å². The molecule has 1 aromatic rings. The van der Waals surface area contributed by atoms with Gasteiger partial charge in [-0.2, -0.15) is 0 Å². The number of ether oxygens (including phenoxy) is 1. The van der Waals surface area contributed by atoms with Crippen LogP contribution in [0.25, 0.3) is 0 Å². The van der Waals surface area contributed by atoms with E-state index in [4.69, 9.17) is 4.74 Å². The van der Waals surface area contributed by atoms with Crippen molar-refractivity contribution in [2.45, 2.75) is 6.54 Å². The number of amides is 2. The lowest BCUT2D eigenvalue weighted by Gasteiger charge is -2.39. The maximum Gasteiger partial charge on any atom is 0.233 e. The molecule has 4 heteroatoms. The van der Waals surface area contributed by atoms with Crippen molar-refractivity contribution in [2.24, 2.45) is 23.7 Å². The third-order valence-electron chi connectivity index (χ3n) is 4.77. The molecule has 1 saturated carbocycles. The summed E-state index contributed by atoms with van der Waals surface area (Å²) < 4.78 is 5.40. The third-order valence-corrected chi connectivity index (χ3v) is 4.77. The Morgan fingerprint density at radius 2 is 1.58 bits per heavy atom. The van der Waals surface area contributed by atoms with Crippen molar-refractivity contribution >= 4 is 11.8 Å². The van der Waals surface area contributed by atoms with Crippen molar-refractivity contribution in [1.29, 1.82) is 0 Å². The molecular weight excluding hydrogens is 242 g/mol. The lowest BCUT2D eigenvalue weighted by atomic mass is 9.59. The number of benzene rings is 1. The SMILES string of the molecule is O=C1[C@@H]2[C@H]3COC[C@H]3[C@@H]2C(=O)N1Cc1ccccc1. The zero-order valence-corrected chi connectivity index (χ0v) is 10.5. The Hall–Kier alpha value is -1.68. The molecule has 4 atom stereocenters. The second-order valence-electron chi connectivity index (χ2n) is 5.66. The highest BCUT2D eigenvalue weighted by molar-refractivity contribution is 6.06. The van der Waals surface area contributed by atoms with Crippen molar-refractivity contribution < 1.29 is 14.3 Å². The Kier molecular flexibility index (Phi) is 2.30. The number of carbonyl (C=O) groups is 2. The standard InChI is InChI=1S/C15H15NO3/c17-14-12-10-7-19-8-11(10)13(12)15(18)16(14)6-9-4-2-1-3-5-9/h1-5,10-13H,6-8H2/t10-,11+,12+,13-. The van der Waals surface area contributed by atoms with Gasteiger partial charge in [0.05, 0.1) is 31.6 Å². The van der Waals surface area contributed by atoms with Crippen LogP contribution < -0.4 is 0 Å². The van der Waals surface area contributed by atoms with Gasteiger partial charge < -0.3 is 4.74 Å². The number of hydrogen-bond acceptors (Lipinski definition) is 3. The Morgan fingerprint density at radius 1 is 1.00 bits per heavy atom. The largest absolute Gasteiger partial charge is 0.381 e. The summed E-state index contributed by atoms with van der Waals surface area (Å²) in [5.74, 6) is 0.355. The molecule has 0 unspecified atom stereocenters. The highest BCUT2D eigenvalue weighted by atomic mass is 16.5. The fourth-order valence-electron chi connectivity index (χ4n) is 3.78. The second-order valence-corrected chi connectivity index (χ2v) is 5.66. The summed E-state index contributed by atoms with van der Waals surface area (Å²) in [5.41, 5.74) is 1.01. The molecule has 2 amide bonds. The van der Waals surface area contributed by atoms with Crippen LogP contribution in [0.2, 0.25) is 0 Å². The predicted octanol–water partition coefficient (Wildman–Crippen LogP) is 1.06. The van der Waals surface area contributed by atoms with Gasteiger partial charge in [0, 0.05) is 11.8 Å². The first kappa shape index (κ1) is 11.2. The zero-order chi connectivity index (χ0) is 13.0. The van der Waals surface area contributed by atoms with E-state index >= 15 is 0 Å². The summed E-state index contributed by atoms with van der Waals surface area (Å²) >= 11 is 0. The minimum atomic E-state index is -0.108. The van der Waals surface area contributed by atoms with Crippen LogP contribution in [0.3, 0.4) is 0 Å². The van der Waals surface area contributed by atoms with Crippen molar-refractivity contribution in [2.75, 3.05) is 13.2 Å². The van der Waals surface area contributed by atoms with Crippen LogP contribution in [0.5, 0.6) is 0 Å². The molecule has 19 heavy (non-hydrogen) atoms. The molecule has 0 N–H and O–H groups in total. The normalized spacial score (nSPS) is 36.1. The Labute approximate surface area is 111 Å². The molecule has 2 saturated heterocycles. The summed E-state index contributed by atoms with van der Waals surface area (Å²) in [6.07, 6.45) is 0. The first-order valence-corrected chi connectivity index (χ1v) is 6.74. The molecule has 0 radical (unpaired) electrons. The van der Waals surface area contributed by atoms with E-state index in [-0.39, 0.29) is 35.5 Å². The van der Waals surface area contributed by atoms with Gasteiger partial charge in [-0.3, -0.25) is 14.5 Å². The smallest absolute Gasteiger partial charge is 0.233 e. The van der Waals surface area contributed by atoms with Crippen LogP contribution in [-0.4, -0.2) is 29.9 Å². The van der Waals surface area contributed by atoms with Crippen LogP contribution in [0.15, 0.2) is 30.3 Å². The summed E-state index contributed by atoms with van der Waals surface area (Å²) in [6, 6.07) is 9.69. The third kappa shape index (κ3) is 1.43. The first-order valence-electron chi connectivity index (χ1n) is 6.74. The van der Waals surface area contributed by atoms with E-state index in [1.807, 2.05) is 30.3 Å². The summed E-state index contributed by atoms with van der Waals surface area (Å²) in [5, 5.41) is 0. The van der Waals surface area contributed by atoms with Gasteiger partial charge >= 0.3 is 0 Å². The van der Waals surface area contributed by atoms with Crippen LogP contribution in [-0.2, 0) is 20.9 Å². The Balaban J connectivity index is 1.58. The number of imide groups is 1. The maximum absolute atomic E-state index is 12.4. The highest BCUT2D eigenvalue weighted by Crippen LogP contribution is 2.54. The minimum absolute atomic E-state index is 0.00519. The van der Waals surface area contributed by atoms with Gasteiger partial charge in [0.15, 0.2) is 0 Å². The predicted molar refractivity (Wildman–Crippen MR) is 66.8 cm³/mol. The van der Waals surface area contributed by atoms with Gasteiger partial charge in [0.1, 0.15) is 0 Å². The van der Waals surface area contributed by atoms with E-state index in [9.17, 15) is 9.59 Å². The van der Waals surface area contributed by atoms with Crippen molar-refractivity contribution in [3.05, 3.63) is 35.9 Å². The van der Waals surface area contributed by atoms with E-state index in [0.29, 0.717) is 19.8 Å². The molecule has 0 spiro atoms. The lowest BCUT2D eigenvalue weighted by molar-refractivity contribution is -0.140. The number of carbonyl (C=O) groups excluding carboxylic acids is 2. The molecule has 3 fully saturated rings. The molecule has 3 aliphatic rings. The number of nitrogens with zero attached hydrogens (tertiary/aromatic N) is 1. The van der Waals surface area contributed by atoms with Gasteiger partial charge in [0.25, 0.3) is 0 Å². The fourth-order valence-corrected chi connectivity index (χ4v) is 3.78. The molecule has 4 nitrogen and oxygen atoms in total. The number of likely N-dealkylation sites (tertiary alicyclic amines) is 1. The quantitative estimate of drug-likeness (QED) is 0.744. The molecular formula is C15H15NO3. The Bertz CT molecular complexity index is 514. The molecule has 98 valence electrons. The second kappa shape index (κ2) is 3.90. The van der Waals surface area contributed by atoms with Crippen LogP contribution in [0.1, 0.15) is 5.56 Å². The zero-order valence-electron chi connectivity index (χ0n) is 10.5. The molecule has 0 bridgehead atoms. The van der Waals surface area contributed by atoms with Crippen LogP contribution in [0.4, 0.5) is 0 Å². The van der Waals surface area contributed by atoms with Gasteiger partial charge in [-0.15, -0.1) is 0 Å². The molecule has 1 aliphatic carbocycles. The summed E-state index contributed by atoms with van der Waals surface area (Å²) in [4.78, 5) is 26.2. The Morgan fingerprint density at radius 3 is 2.16 bits per heavy atom. The van der Waals surface area contributed by atoms with Gasteiger partial charge in [-0.25, -0.2) is 0 Å². The van der Waals surface area contributed by atoms with Crippen LogP contribution in [0, 0.1) is 23.7 Å². The van der Waals surface area contributed by atoms with Crippen molar-refractivity contribution in [3.8, 4) is 0 Å². The molecule has 2 heterocycles. The molecule has 1 aromatic carbocycles. The minimum Gasteiger partial charge on any atom is -0.381 e. The fraction of sp³-hybridized carbons (Fsp3) is 0.467. The highest BCUT2D eigenvalue weighted by Gasteiger charge is 2.65. The first-order chi connectivity index (χ1) is 9.27. The molecule has 4 rings (SSSR count). The van der Waals surface area contributed by atoms with E-state index in [2.05, 4.69) is 0 Å². The number of hydrogen-bond donors (Lipinski definition) is 0. The van der Waals surface area contributed by atoms with E-state index in [1.54, 1.807) is 0 Å². The maximum atomic E-state index is 12.4. The topological polar surface area (TPSA) is 46.6 Å². The van der Waals surface area contributed by atoms with Gasteiger partial charge in [0.2, 0.25) is 11.8 Å². The van der Waals surface area contributed by atoms with Gasteiger partial charge in [-0.1, -0.05) is 30.3 Å². The van der Waals surface area contributed by atoms with Crippen molar-refractivity contribution in [1.82, 2.24) is 4.90 Å². The van der Waals surface area contributed by atoms with Gasteiger partial charge in [-0.05, 0) is 5.56 Å².